The van der Waals surface area contributed by atoms with Gasteiger partial charge in [0.05, 0.1) is 6.61 Å². The molecule has 0 aliphatic carbocycles. The molecule has 0 saturated carbocycles. The fraction of sp³-hybridized carbons (Fsp3) is 0.167. The van der Waals surface area contributed by atoms with Crippen LogP contribution in [0.3, 0.4) is 0 Å². The van der Waals surface area contributed by atoms with Crippen molar-refractivity contribution in [2.45, 2.75) is 13.5 Å². The molecule has 0 saturated heterocycles. The van der Waals surface area contributed by atoms with Crippen molar-refractivity contribution in [1.29, 1.82) is 0 Å². The van der Waals surface area contributed by atoms with E-state index in [9.17, 15) is 4.79 Å². The molecule has 0 fully saturated rings. The van der Waals surface area contributed by atoms with Crippen LogP contribution in [0, 0.1) is 6.92 Å². The topological polar surface area (TPSA) is 89.3 Å². The molecule has 3 aromatic rings. The largest absolute Gasteiger partial charge is 0.423 e. The molecule has 0 radical (unpaired) electrons. The van der Waals surface area contributed by atoms with Crippen molar-refractivity contribution in [3.8, 4) is 11.5 Å². The van der Waals surface area contributed by atoms with Gasteiger partial charge in [0.15, 0.2) is 0 Å². The molecule has 2 N–H and O–H groups in total. The highest BCUT2D eigenvalue weighted by Gasteiger charge is 2.10. The van der Waals surface area contributed by atoms with E-state index in [1.807, 2.05) is 43.3 Å². The van der Waals surface area contributed by atoms with Crippen molar-refractivity contribution in [3.63, 3.8) is 0 Å². The van der Waals surface area contributed by atoms with E-state index in [2.05, 4.69) is 20.8 Å². The van der Waals surface area contributed by atoms with Crippen molar-refractivity contribution < 1.29 is 13.9 Å². The molecular weight excluding hydrogens is 320 g/mol. The summed E-state index contributed by atoms with van der Waals surface area (Å²) >= 11 is 0. The second kappa shape index (κ2) is 7.59. The van der Waals surface area contributed by atoms with Crippen LogP contribution in [-0.2, 0) is 11.3 Å². The molecule has 2 aromatic carbocycles. The molecule has 128 valence electrons. The number of carbonyl (C=O) groups is 1. The Morgan fingerprint density at radius 1 is 1.20 bits per heavy atom. The zero-order valence-electron chi connectivity index (χ0n) is 13.9. The van der Waals surface area contributed by atoms with Crippen molar-refractivity contribution in [1.82, 2.24) is 10.2 Å². The van der Waals surface area contributed by atoms with Crippen molar-refractivity contribution in [2.75, 3.05) is 17.7 Å². The Morgan fingerprint density at radius 2 is 2.08 bits per heavy atom. The normalized spacial score (nSPS) is 10.5. The number of anilines is 2. The van der Waals surface area contributed by atoms with Gasteiger partial charge in [0, 0.05) is 24.0 Å². The monoisotopic (exact) mass is 338 g/mol. The third-order valence-corrected chi connectivity index (χ3v) is 3.59. The summed E-state index contributed by atoms with van der Waals surface area (Å²) in [6.07, 6.45) is 1.27. The summed E-state index contributed by atoms with van der Waals surface area (Å²) in [5, 5.41) is 13.2. The van der Waals surface area contributed by atoms with Gasteiger partial charge in [-0.2, -0.15) is 0 Å². The second-order valence-electron chi connectivity index (χ2n) is 5.49. The summed E-state index contributed by atoms with van der Waals surface area (Å²) in [6, 6.07) is 12.7. The number of benzene rings is 2. The predicted octanol–water partition coefficient (Wildman–Crippen LogP) is 3.84. The number of ether oxygens (including phenoxy) is 1. The summed E-state index contributed by atoms with van der Waals surface area (Å²) in [7, 11) is 1.63. The number of nitrogens with zero attached hydrogens (tertiary/aromatic N) is 2. The fourth-order valence-electron chi connectivity index (χ4n) is 2.38. The minimum Gasteiger partial charge on any atom is -0.423 e. The quantitative estimate of drug-likeness (QED) is 0.738. The molecule has 0 bridgehead atoms. The number of nitrogens with one attached hydrogen (secondary N) is 2. The van der Waals surface area contributed by atoms with Crippen LogP contribution in [0.1, 0.15) is 11.1 Å². The molecule has 0 aliphatic rings. The average molecular weight is 338 g/mol. The fourth-order valence-corrected chi connectivity index (χ4v) is 2.38. The molecule has 1 heterocycles. The first-order valence-electron chi connectivity index (χ1n) is 7.69. The Kier molecular flexibility index (Phi) is 5.06. The second-order valence-corrected chi connectivity index (χ2v) is 5.49. The lowest BCUT2D eigenvalue weighted by Gasteiger charge is -2.11. The van der Waals surface area contributed by atoms with E-state index in [1.165, 1.54) is 6.39 Å². The van der Waals surface area contributed by atoms with Gasteiger partial charge >= 0.3 is 6.03 Å². The first-order valence-corrected chi connectivity index (χ1v) is 7.69. The first kappa shape index (κ1) is 16.7. The van der Waals surface area contributed by atoms with Crippen LogP contribution in [0.2, 0.25) is 0 Å². The molecule has 2 amide bonds. The van der Waals surface area contributed by atoms with Gasteiger partial charge in [0.2, 0.25) is 12.3 Å². The van der Waals surface area contributed by atoms with Crippen LogP contribution in [-0.4, -0.2) is 23.3 Å². The number of aryl methyl sites for hydroxylation is 1. The zero-order chi connectivity index (χ0) is 17.6. The third-order valence-electron chi connectivity index (χ3n) is 3.59. The number of hydrogen-bond acceptors (Lipinski definition) is 5. The highest BCUT2D eigenvalue weighted by molar-refractivity contribution is 6.00. The minimum atomic E-state index is -0.333. The molecule has 7 heteroatoms. The zero-order valence-corrected chi connectivity index (χ0v) is 13.9. The Balaban J connectivity index is 1.72. The summed E-state index contributed by atoms with van der Waals surface area (Å²) in [6.45, 7) is 2.40. The van der Waals surface area contributed by atoms with Gasteiger partial charge in [0.1, 0.15) is 0 Å². The maximum absolute atomic E-state index is 12.3. The molecule has 7 nitrogen and oxygen atoms in total. The number of rotatable bonds is 5. The van der Waals surface area contributed by atoms with Gasteiger partial charge in [-0.3, -0.25) is 0 Å². The molecule has 0 spiro atoms. The van der Waals surface area contributed by atoms with E-state index in [0.29, 0.717) is 23.9 Å². The number of amides is 2. The van der Waals surface area contributed by atoms with E-state index in [4.69, 9.17) is 9.15 Å². The van der Waals surface area contributed by atoms with Crippen LogP contribution < -0.4 is 10.6 Å². The molecule has 0 atom stereocenters. The summed E-state index contributed by atoms with van der Waals surface area (Å²) in [4.78, 5) is 12.3. The Bertz CT molecular complexity index is 863. The number of hydrogen-bond donors (Lipinski definition) is 2. The summed E-state index contributed by atoms with van der Waals surface area (Å²) < 4.78 is 10.3. The Labute approximate surface area is 145 Å². The van der Waals surface area contributed by atoms with E-state index < -0.39 is 0 Å². The van der Waals surface area contributed by atoms with Crippen LogP contribution >= 0.6 is 0 Å². The van der Waals surface area contributed by atoms with Gasteiger partial charge < -0.3 is 19.8 Å². The standard InChI is InChI=1S/C18H18N4O3/c1-12-6-7-14(17-22-19-11-25-17)9-16(12)21-18(23)20-15-5-3-4-13(8-15)10-24-2/h3-9,11H,10H2,1-2H3,(H2,20,21,23). The number of carbonyl (C=O) groups excluding carboxylic acids is 1. The molecule has 0 aliphatic heterocycles. The maximum atomic E-state index is 12.3. The predicted molar refractivity (Wildman–Crippen MR) is 94.3 cm³/mol. The average Bonchev–Trinajstić information content (AvgIpc) is 3.12. The highest BCUT2D eigenvalue weighted by Crippen LogP contribution is 2.24. The van der Waals surface area contributed by atoms with E-state index >= 15 is 0 Å². The van der Waals surface area contributed by atoms with E-state index in [1.54, 1.807) is 13.2 Å². The Hall–Kier alpha value is -3.19. The van der Waals surface area contributed by atoms with Crippen LogP contribution in [0.25, 0.3) is 11.5 Å². The van der Waals surface area contributed by atoms with Gasteiger partial charge in [-0.05, 0) is 42.3 Å². The highest BCUT2D eigenvalue weighted by atomic mass is 16.5. The smallest absolute Gasteiger partial charge is 0.323 e. The van der Waals surface area contributed by atoms with Gasteiger partial charge in [0.25, 0.3) is 0 Å². The van der Waals surface area contributed by atoms with Gasteiger partial charge in [-0.15, -0.1) is 10.2 Å². The summed E-state index contributed by atoms with van der Waals surface area (Å²) in [5.41, 5.74) is 4.00. The lowest BCUT2D eigenvalue weighted by Crippen LogP contribution is -2.20. The minimum absolute atomic E-state index is 0.333. The number of urea groups is 1. The van der Waals surface area contributed by atoms with Crippen LogP contribution in [0.4, 0.5) is 16.2 Å². The molecule has 1 aromatic heterocycles. The number of methoxy groups -OCH3 is 1. The van der Waals surface area contributed by atoms with E-state index in [-0.39, 0.29) is 6.03 Å². The molecule has 25 heavy (non-hydrogen) atoms. The molecule has 0 unspecified atom stereocenters. The third kappa shape index (κ3) is 4.21. The summed E-state index contributed by atoms with van der Waals surface area (Å²) in [5.74, 6) is 0.399. The lowest BCUT2D eigenvalue weighted by molar-refractivity contribution is 0.185. The van der Waals surface area contributed by atoms with Crippen LogP contribution in [0.5, 0.6) is 0 Å². The van der Waals surface area contributed by atoms with Crippen molar-refractivity contribution in [3.05, 3.63) is 60.0 Å². The SMILES string of the molecule is COCc1cccc(NC(=O)Nc2cc(-c3nnco3)ccc2C)c1. The first-order chi connectivity index (χ1) is 12.2. The van der Waals surface area contributed by atoms with Gasteiger partial charge in [-0.25, -0.2) is 4.79 Å². The van der Waals surface area contributed by atoms with Crippen LogP contribution in [0.15, 0.2) is 53.3 Å². The molecule has 3 rings (SSSR count). The Morgan fingerprint density at radius 3 is 2.84 bits per heavy atom. The van der Waals surface area contributed by atoms with Gasteiger partial charge in [-0.1, -0.05) is 18.2 Å². The van der Waals surface area contributed by atoms with Crippen molar-refractivity contribution >= 4 is 17.4 Å². The maximum Gasteiger partial charge on any atom is 0.323 e. The van der Waals surface area contributed by atoms with Crippen molar-refractivity contribution in [2.24, 2.45) is 0 Å². The number of aromatic nitrogens is 2. The lowest BCUT2D eigenvalue weighted by atomic mass is 10.1. The molecular formula is C18H18N4O3. The van der Waals surface area contributed by atoms with E-state index in [0.717, 1.165) is 16.7 Å².